The number of hydrazone groups is 1. The normalized spacial score (nSPS) is 23.5. The molecule has 1 atom stereocenters. The average Bonchev–Trinajstić information content (AvgIpc) is 3.16. The van der Waals surface area contributed by atoms with Gasteiger partial charge in [0.1, 0.15) is 11.3 Å². The van der Waals surface area contributed by atoms with E-state index in [4.69, 9.17) is 4.42 Å². The Balaban J connectivity index is 1.99. The highest BCUT2D eigenvalue weighted by molar-refractivity contribution is 6.04. The quantitative estimate of drug-likeness (QED) is 0.378. The molecule has 138 valence electrons. The first-order valence-corrected chi connectivity index (χ1v) is 8.44. The first kappa shape index (κ1) is 18.2. The Bertz CT molecular complexity index is 853. The van der Waals surface area contributed by atoms with Crippen molar-refractivity contribution in [2.45, 2.75) is 45.8 Å². The Kier molecular flexibility index (Phi) is 4.37. The molecule has 1 aromatic carbocycles. The van der Waals surface area contributed by atoms with Gasteiger partial charge in [0, 0.05) is 6.92 Å². The molecule has 2 aromatic rings. The smallest absolute Gasteiger partial charge is 0.289 e. The van der Waals surface area contributed by atoms with Crippen molar-refractivity contribution in [3.63, 3.8) is 0 Å². The van der Waals surface area contributed by atoms with Gasteiger partial charge in [-0.2, -0.15) is 9.84 Å². The van der Waals surface area contributed by atoms with Gasteiger partial charge in [-0.15, -0.1) is 5.06 Å². The summed E-state index contributed by atoms with van der Waals surface area (Å²) >= 11 is 0. The van der Waals surface area contributed by atoms with E-state index in [1.807, 2.05) is 31.2 Å². The molecule has 0 unspecified atom stereocenters. The minimum atomic E-state index is -1.37. The zero-order chi connectivity index (χ0) is 19.1. The maximum atomic E-state index is 13.2. The third-order valence-electron chi connectivity index (χ3n) is 4.96. The number of benzene rings is 1. The Morgan fingerprint density at radius 2 is 1.88 bits per heavy atom. The van der Waals surface area contributed by atoms with E-state index in [2.05, 4.69) is 10.5 Å². The van der Waals surface area contributed by atoms with Crippen molar-refractivity contribution in [2.75, 3.05) is 5.43 Å². The van der Waals surface area contributed by atoms with Crippen molar-refractivity contribution >= 4 is 17.1 Å². The lowest BCUT2D eigenvalue weighted by atomic mass is 9.96. The van der Waals surface area contributed by atoms with Crippen LogP contribution in [0.4, 0.5) is 5.69 Å². The van der Waals surface area contributed by atoms with E-state index in [1.165, 1.54) is 6.26 Å². The second-order valence-corrected chi connectivity index (χ2v) is 7.19. The van der Waals surface area contributed by atoms with Crippen LogP contribution in [0.2, 0.25) is 0 Å². The van der Waals surface area contributed by atoms with E-state index >= 15 is 0 Å². The van der Waals surface area contributed by atoms with Gasteiger partial charge in [0.2, 0.25) is 0 Å². The predicted molar refractivity (Wildman–Crippen MR) is 100 cm³/mol. The minimum absolute atomic E-state index is 0.345. The van der Waals surface area contributed by atoms with E-state index in [9.17, 15) is 10.4 Å². The summed E-state index contributed by atoms with van der Waals surface area (Å²) in [5.74, 6) is 0.423. The highest BCUT2D eigenvalue weighted by Gasteiger charge is 2.62. The van der Waals surface area contributed by atoms with Crippen LogP contribution in [-0.2, 0) is 0 Å². The van der Waals surface area contributed by atoms with Crippen molar-refractivity contribution in [1.29, 1.82) is 0 Å². The van der Waals surface area contributed by atoms with Gasteiger partial charge in [-0.05, 0) is 52.0 Å². The van der Waals surface area contributed by atoms with Crippen molar-refractivity contribution < 1.29 is 14.4 Å². The van der Waals surface area contributed by atoms with Crippen LogP contribution in [0.25, 0.3) is 0 Å². The van der Waals surface area contributed by atoms with Gasteiger partial charge in [0.05, 0.1) is 12.0 Å². The zero-order valence-corrected chi connectivity index (χ0v) is 15.6. The molecule has 7 heteroatoms. The van der Waals surface area contributed by atoms with Crippen LogP contribution in [0.5, 0.6) is 0 Å². The number of nitrogens with one attached hydrogen (secondary N) is 1. The minimum Gasteiger partial charge on any atom is -0.622 e. The molecule has 0 saturated heterocycles. The van der Waals surface area contributed by atoms with Crippen LogP contribution in [0.1, 0.15) is 39.0 Å². The number of hydrogen-bond acceptors (Lipinski definition) is 6. The molecule has 7 nitrogen and oxygen atoms in total. The topological polar surface area (TPSA) is 87.1 Å². The second-order valence-electron chi connectivity index (χ2n) is 7.19. The van der Waals surface area contributed by atoms with Gasteiger partial charge in [-0.3, -0.25) is 5.43 Å². The van der Waals surface area contributed by atoms with Crippen molar-refractivity contribution in [2.24, 2.45) is 5.10 Å². The largest absolute Gasteiger partial charge is 0.622 e. The Morgan fingerprint density at radius 1 is 1.23 bits per heavy atom. The molecule has 0 saturated carbocycles. The molecule has 1 aliphatic heterocycles. The lowest BCUT2D eigenvalue weighted by Gasteiger charge is -2.32. The Morgan fingerprint density at radius 3 is 2.46 bits per heavy atom. The molecule has 0 radical (unpaired) electrons. The fraction of sp³-hybridized carbons (Fsp3) is 0.368. The molecular weight excluding hydrogens is 332 g/mol. The summed E-state index contributed by atoms with van der Waals surface area (Å²) in [7, 11) is 0. The number of nitrogens with zero attached hydrogens (tertiary/aromatic N) is 3. The summed E-state index contributed by atoms with van der Waals surface area (Å²) in [6.07, 6.45) is 1.50. The van der Waals surface area contributed by atoms with Gasteiger partial charge < -0.3 is 14.8 Å². The van der Waals surface area contributed by atoms with Crippen molar-refractivity contribution in [1.82, 2.24) is 5.06 Å². The summed E-state index contributed by atoms with van der Waals surface area (Å²) in [5.41, 5.74) is 3.33. The highest BCUT2D eigenvalue weighted by atomic mass is 16.6. The molecule has 3 rings (SSSR count). The summed E-state index contributed by atoms with van der Waals surface area (Å²) in [6.45, 7) is 8.87. The van der Waals surface area contributed by atoms with Gasteiger partial charge in [-0.1, -0.05) is 17.7 Å². The van der Waals surface area contributed by atoms with Crippen LogP contribution < -0.4 is 5.43 Å². The third-order valence-corrected chi connectivity index (χ3v) is 4.96. The standard InChI is InChI=1S/C19H24N4O3/c1-13-8-10-15(11-9-13)21-20-14(2)19(5)22(24)17(16-7-6-12-26-16)18(3,4)23(19)25/h6-12,21,25H,1-5H3/b20-14+/t19-/m0/s1. The van der Waals surface area contributed by atoms with Crippen molar-refractivity contribution in [3.05, 3.63) is 59.2 Å². The number of aryl methyl sites for hydroxylation is 1. The maximum absolute atomic E-state index is 13.2. The lowest BCUT2D eigenvalue weighted by Crippen LogP contribution is -2.57. The SMILES string of the molecule is C/C(=N\Nc1ccc(C)cc1)[C@]1(C)N(O)C(C)(C)C(c2ccco2)=[N+]1[O-]. The molecule has 1 aromatic heterocycles. The van der Waals surface area contributed by atoms with E-state index in [-0.39, 0.29) is 0 Å². The monoisotopic (exact) mass is 356 g/mol. The van der Waals surface area contributed by atoms with E-state index in [0.717, 1.165) is 21.1 Å². The summed E-state index contributed by atoms with van der Waals surface area (Å²) < 4.78 is 6.18. The van der Waals surface area contributed by atoms with Crippen LogP contribution in [0.15, 0.2) is 52.2 Å². The Labute approximate surface area is 152 Å². The molecule has 0 amide bonds. The summed E-state index contributed by atoms with van der Waals surface area (Å²) in [6, 6.07) is 11.2. The fourth-order valence-electron chi connectivity index (χ4n) is 3.19. The van der Waals surface area contributed by atoms with Gasteiger partial charge >= 0.3 is 0 Å². The van der Waals surface area contributed by atoms with E-state index in [1.54, 1.807) is 39.8 Å². The third kappa shape index (κ3) is 2.69. The predicted octanol–water partition coefficient (Wildman–Crippen LogP) is 3.58. The van der Waals surface area contributed by atoms with Crippen LogP contribution >= 0.6 is 0 Å². The second kappa shape index (κ2) is 6.26. The summed E-state index contributed by atoms with van der Waals surface area (Å²) in [4.78, 5) is 0. The molecular formula is C19H24N4O3. The molecule has 2 heterocycles. The van der Waals surface area contributed by atoms with Crippen LogP contribution in [0, 0.1) is 12.1 Å². The number of anilines is 1. The van der Waals surface area contributed by atoms with Gasteiger partial charge in [-0.25, -0.2) is 0 Å². The maximum Gasteiger partial charge on any atom is 0.289 e. The molecule has 0 fully saturated rings. The van der Waals surface area contributed by atoms with E-state index < -0.39 is 11.2 Å². The lowest BCUT2D eigenvalue weighted by molar-refractivity contribution is -0.560. The molecule has 26 heavy (non-hydrogen) atoms. The molecule has 0 spiro atoms. The van der Waals surface area contributed by atoms with Crippen molar-refractivity contribution in [3.8, 4) is 0 Å². The highest BCUT2D eigenvalue weighted by Crippen LogP contribution is 2.36. The molecule has 0 aliphatic carbocycles. The van der Waals surface area contributed by atoms with Crippen LogP contribution in [0.3, 0.4) is 0 Å². The summed E-state index contributed by atoms with van der Waals surface area (Å²) in [5, 5.41) is 29.4. The number of furan rings is 1. The fourth-order valence-corrected chi connectivity index (χ4v) is 3.19. The first-order valence-electron chi connectivity index (χ1n) is 8.44. The van der Waals surface area contributed by atoms with Gasteiger partial charge in [0.15, 0.2) is 5.76 Å². The van der Waals surface area contributed by atoms with E-state index in [0.29, 0.717) is 17.2 Å². The number of rotatable bonds is 4. The first-order chi connectivity index (χ1) is 12.2. The number of hydrogen-bond donors (Lipinski definition) is 2. The Hall–Kier alpha value is -2.64. The van der Waals surface area contributed by atoms with Gasteiger partial charge in [0.25, 0.3) is 11.4 Å². The zero-order valence-electron chi connectivity index (χ0n) is 15.6. The molecule has 0 bridgehead atoms. The van der Waals surface area contributed by atoms with Crippen LogP contribution in [-0.4, -0.2) is 37.6 Å². The molecule has 1 aliphatic rings. The molecule has 2 N–H and O–H groups in total. The number of hydroxylamine groups is 3. The average molecular weight is 356 g/mol.